The van der Waals surface area contributed by atoms with Crippen molar-refractivity contribution in [1.29, 1.82) is 0 Å². The maximum absolute atomic E-state index is 12.8. The Morgan fingerprint density at radius 3 is 2.43 bits per heavy atom. The van der Waals surface area contributed by atoms with E-state index in [1.54, 1.807) is 18.7 Å². The Morgan fingerprint density at radius 1 is 1.26 bits per heavy atom. The minimum Gasteiger partial charge on any atom is -0.481 e. The number of benzene rings is 1. The maximum Gasteiger partial charge on any atom is 0.308 e. The molecular formula is C17H20N2O3S. The number of hydrogen-bond donors (Lipinski definition) is 1. The number of aryl methyl sites for hydroxylation is 2. The van der Waals surface area contributed by atoms with Crippen molar-refractivity contribution in [3.05, 3.63) is 51.5 Å². The van der Waals surface area contributed by atoms with Crippen LogP contribution in [0.15, 0.2) is 30.3 Å². The fourth-order valence-corrected chi connectivity index (χ4v) is 3.19. The topological polar surface area (TPSA) is 70.5 Å². The molecular weight excluding hydrogens is 312 g/mol. The van der Waals surface area contributed by atoms with Crippen molar-refractivity contribution < 1.29 is 14.7 Å². The number of nitrogens with zero attached hydrogens (tertiary/aromatic N) is 2. The molecule has 2 aromatic rings. The van der Waals surface area contributed by atoms with E-state index in [9.17, 15) is 9.59 Å². The zero-order chi connectivity index (χ0) is 17.0. The summed E-state index contributed by atoms with van der Waals surface area (Å²) >= 11 is 1.35. The predicted octanol–water partition coefficient (Wildman–Crippen LogP) is 3.12. The zero-order valence-electron chi connectivity index (χ0n) is 13.4. The van der Waals surface area contributed by atoms with Crippen LogP contribution >= 0.6 is 11.3 Å². The zero-order valence-corrected chi connectivity index (χ0v) is 14.3. The molecule has 2 rings (SSSR count). The van der Waals surface area contributed by atoms with Gasteiger partial charge in [-0.15, -0.1) is 11.3 Å². The van der Waals surface area contributed by atoms with Crippen LogP contribution in [-0.2, 0) is 11.3 Å². The van der Waals surface area contributed by atoms with Gasteiger partial charge in [0.15, 0.2) is 0 Å². The Bertz CT molecular complexity index is 697. The summed E-state index contributed by atoms with van der Waals surface area (Å²) in [4.78, 5) is 30.5. The second kappa shape index (κ2) is 7.37. The predicted molar refractivity (Wildman–Crippen MR) is 89.6 cm³/mol. The first kappa shape index (κ1) is 17.1. The van der Waals surface area contributed by atoms with Gasteiger partial charge >= 0.3 is 5.97 Å². The second-order valence-corrected chi connectivity index (χ2v) is 6.76. The molecule has 1 heterocycles. The molecule has 6 heteroatoms. The van der Waals surface area contributed by atoms with Gasteiger partial charge in [-0.05, 0) is 19.4 Å². The van der Waals surface area contributed by atoms with Gasteiger partial charge in [-0.3, -0.25) is 9.59 Å². The summed E-state index contributed by atoms with van der Waals surface area (Å²) in [6.45, 7) is 5.82. The van der Waals surface area contributed by atoms with E-state index in [4.69, 9.17) is 5.11 Å². The van der Waals surface area contributed by atoms with Gasteiger partial charge in [-0.25, -0.2) is 4.98 Å². The Balaban J connectivity index is 2.26. The molecule has 1 amide bonds. The number of amides is 1. The normalized spacial score (nSPS) is 12.0. The van der Waals surface area contributed by atoms with Crippen LogP contribution in [-0.4, -0.2) is 33.4 Å². The average Bonchev–Trinajstić information content (AvgIpc) is 2.85. The van der Waals surface area contributed by atoms with Crippen LogP contribution in [0, 0.1) is 19.8 Å². The van der Waals surface area contributed by atoms with Gasteiger partial charge in [0.2, 0.25) is 0 Å². The second-order valence-electron chi connectivity index (χ2n) is 5.56. The summed E-state index contributed by atoms with van der Waals surface area (Å²) in [6.07, 6.45) is 0. The molecule has 1 unspecified atom stereocenters. The number of carboxylic acids is 1. The van der Waals surface area contributed by atoms with Crippen LogP contribution in [0.2, 0.25) is 0 Å². The highest BCUT2D eigenvalue weighted by Gasteiger charge is 2.24. The van der Waals surface area contributed by atoms with E-state index in [-0.39, 0.29) is 12.5 Å². The van der Waals surface area contributed by atoms with Crippen molar-refractivity contribution in [2.45, 2.75) is 27.3 Å². The van der Waals surface area contributed by atoms with Crippen LogP contribution < -0.4 is 0 Å². The van der Waals surface area contributed by atoms with Crippen LogP contribution in [0.4, 0.5) is 0 Å². The Labute approximate surface area is 139 Å². The quantitative estimate of drug-likeness (QED) is 0.882. The van der Waals surface area contributed by atoms with Crippen molar-refractivity contribution in [1.82, 2.24) is 9.88 Å². The van der Waals surface area contributed by atoms with Crippen molar-refractivity contribution in [3.63, 3.8) is 0 Å². The number of carbonyl (C=O) groups is 2. The first-order chi connectivity index (χ1) is 10.9. The lowest BCUT2D eigenvalue weighted by atomic mass is 10.1. The van der Waals surface area contributed by atoms with Gasteiger partial charge in [0, 0.05) is 13.1 Å². The number of carboxylic acid groups (broad SMARTS) is 1. The smallest absolute Gasteiger partial charge is 0.308 e. The minimum absolute atomic E-state index is 0.162. The Morgan fingerprint density at radius 2 is 1.91 bits per heavy atom. The highest BCUT2D eigenvalue weighted by atomic mass is 32.1. The molecule has 5 nitrogen and oxygen atoms in total. The van der Waals surface area contributed by atoms with Gasteiger partial charge in [0.25, 0.3) is 5.91 Å². The minimum atomic E-state index is -0.909. The van der Waals surface area contributed by atoms with E-state index >= 15 is 0 Å². The van der Waals surface area contributed by atoms with Crippen molar-refractivity contribution in [3.8, 4) is 0 Å². The number of carbonyl (C=O) groups excluding carboxylic acids is 1. The van der Waals surface area contributed by atoms with Gasteiger partial charge in [-0.2, -0.15) is 0 Å². The van der Waals surface area contributed by atoms with Crippen LogP contribution in [0.3, 0.4) is 0 Å². The van der Waals surface area contributed by atoms with Crippen molar-refractivity contribution >= 4 is 23.2 Å². The Kier molecular flexibility index (Phi) is 5.50. The molecule has 0 saturated heterocycles. The molecule has 0 radical (unpaired) electrons. The van der Waals surface area contributed by atoms with Gasteiger partial charge in [-0.1, -0.05) is 37.3 Å². The summed E-state index contributed by atoms with van der Waals surface area (Å²) in [5, 5.41) is 9.99. The lowest BCUT2D eigenvalue weighted by Gasteiger charge is -2.24. The van der Waals surface area contributed by atoms with Gasteiger partial charge < -0.3 is 10.0 Å². The molecule has 0 spiro atoms. The Hall–Kier alpha value is -2.21. The highest BCUT2D eigenvalue weighted by Crippen LogP contribution is 2.21. The van der Waals surface area contributed by atoms with Gasteiger partial charge in [0.05, 0.1) is 16.6 Å². The third kappa shape index (κ3) is 4.39. The lowest BCUT2D eigenvalue weighted by molar-refractivity contribution is -0.141. The third-order valence-corrected chi connectivity index (χ3v) is 4.58. The molecule has 0 saturated carbocycles. The fraction of sp³-hybridized carbons (Fsp3) is 0.353. The molecule has 0 aliphatic rings. The number of hydrogen-bond acceptors (Lipinski definition) is 4. The third-order valence-electron chi connectivity index (χ3n) is 3.52. The number of aliphatic carboxylic acids is 1. The average molecular weight is 332 g/mol. The summed E-state index contributed by atoms with van der Waals surface area (Å²) in [5.41, 5.74) is 1.66. The highest BCUT2D eigenvalue weighted by molar-refractivity contribution is 7.13. The summed E-state index contributed by atoms with van der Waals surface area (Å²) in [5.74, 6) is -1.70. The first-order valence-electron chi connectivity index (χ1n) is 7.38. The number of aromatic nitrogens is 1. The molecule has 1 N–H and O–H groups in total. The molecule has 1 aromatic heterocycles. The largest absolute Gasteiger partial charge is 0.481 e. The van der Waals surface area contributed by atoms with E-state index in [0.29, 0.717) is 17.1 Å². The molecule has 1 aromatic carbocycles. The van der Waals surface area contributed by atoms with E-state index in [1.807, 2.05) is 37.3 Å². The standard InChI is InChI=1S/C17H20N2O3S/c1-11(17(21)22)9-19(10-14-7-5-4-6-8-14)16(20)15-12(2)18-13(3)23-15/h4-8,11H,9-10H2,1-3H3,(H,21,22). The summed E-state index contributed by atoms with van der Waals surface area (Å²) in [6, 6.07) is 9.57. The summed E-state index contributed by atoms with van der Waals surface area (Å²) < 4.78 is 0. The number of thiazole rings is 1. The van der Waals surface area contributed by atoms with E-state index in [0.717, 1.165) is 10.6 Å². The SMILES string of the molecule is Cc1nc(C)c(C(=O)N(Cc2ccccc2)CC(C)C(=O)O)s1. The van der Waals surface area contributed by atoms with E-state index in [1.165, 1.54) is 11.3 Å². The monoisotopic (exact) mass is 332 g/mol. The fourth-order valence-electron chi connectivity index (χ4n) is 2.31. The van der Waals surface area contributed by atoms with Crippen LogP contribution in [0.5, 0.6) is 0 Å². The molecule has 122 valence electrons. The molecule has 1 atom stereocenters. The number of rotatable bonds is 6. The lowest BCUT2D eigenvalue weighted by Crippen LogP contribution is -2.36. The first-order valence-corrected chi connectivity index (χ1v) is 8.20. The van der Waals surface area contributed by atoms with Crippen LogP contribution in [0.25, 0.3) is 0 Å². The molecule has 0 bridgehead atoms. The van der Waals surface area contributed by atoms with E-state index in [2.05, 4.69) is 4.98 Å². The molecule has 0 aliphatic carbocycles. The maximum atomic E-state index is 12.8. The van der Waals surface area contributed by atoms with Crippen molar-refractivity contribution in [2.24, 2.45) is 5.92 Å². The van der Waals surface area contributed by atoms with Crippen molar-refractivity contribution in [2.75, 3.05) is 6.54 Å². The molecule has 0 fully saturated rings. The molecule has 0 aliphatic heterocycles. The van der Waals surface area contributed by atoms with E-state index < -0.39 is 11.9 Å². The molecule has 23 heavy (non-hydrogen) atoms. The van der Waals surface area contributed by atoms with Crippen LogP contribution in [0.1, 0.15) is 32.9 Å². The summed E-state index contributed by atoms with van der Waals surface area (Å²) in [7, 11) is 0. The van der Waals surface area contributed by atoms with Gasteiger partial charge in [0.1, 0.15) is 4.88 Å².